The molecule has 0 N–H and O–H groups in total. The van der Waals surface area contributed by atoms with Crippen LogP contribution in [0.4, 0.5) is 5.82 Å². The Labute approximate surface area is 119 Å². The number of aryl methyl sites for hydroxylation is 1. The first-order chi connectivity index (χ1) is 10.0. The summed E-state index contributed by atoms with van der Waals surface area (Å²) in [6, 6.07) is 7.90. The number of aromatic nitrogens is 2. The second-order valence-electron chi connectivity index (χ2n) is 4.15. The van der Waals surface area contributed by atoms with E-state index in [9.17, 15) is 14.9 Å². The minimum absolute atomic E-state index is 0.259. The van der Waals surface area contributed by atoms with Gasteiger partial charge in [-0.25, -0.2) is 4.79 Å². The van der Waals surface area contributed by atoms with Gasteiger partial charge in [-0.15, -0.1) is 5.10 Å². The Kier molecular flexibility index (Phi) is 4.07. The monoisotopic (exact) mass is 288 g/mol. The van der Waals surface area contributed by atoms with Crippen molar-refractivity contribution >= 4 is 18.0 Å². The molecule has 0 atom stereocenters. The second-order valence-corrected chi connectivity index (χ2v) is 4.15. The van der Waals surface area contributed by atoms with E-state index >= 15 is 0 Å². The highest BCUT2D eigenvalue weighted by Crippen LogP contribution is 2.10. The first-order valence-corrected chi connectivity index (χ1v) is 5.95. The quantitative estimate of drug-likeness (QED) is 0.369. The molecule has 2 rings (SSSR count). The predicted octanol–water partition coefficient (Wildman–Crippen LogP) is 1.77. The molecule has 0 aliphatic heterocycles. The summed E-state index contributed by atoms with van der Waals surface area (Å²) in [6.45, 7) is 1.66. The molecule has 0 radical (unpaired) electrons. The highest BCUT2D eigenvalue weighted by atomic mass is 16.6. The highest BCUT2D eigenvalue weighted by Gasteiger charge is 2.14. The van der Waals surface area contributed by atoms with Gasteiger partial charge in [0.05, 0.1) is 35.7 Å². The van der Waals surface area contributed by atoms with Crippen molar-refractivity contribution in [2.24, 2.45) is 5.10 Å². The number of nitrogens with zero attached hydrogens (tertiary/aromatic N) is 4. The summed E-state index contributed by atoms with van der Waals surface area (Å²) < 4.78 is 4.60. The predicted molar refractivity (Wildman–Crippen MR) is 74.4 cm³/mol. The third kappa shape index (κ3) is 3.30. The van der Waals surface area contributed by atoms with Crippen LogP contribution >= 0.6 is 0 Å². The van der Waals surface area contributed by atoms with Crippen LogP contribution in [0.15, 0.2) is 35.4 Å². The van der Waals surface area contributed by atoms with Crippen molar-refractivity contribution in [1.82, 2.24) is 9.89 Å². The fourth-order valence-electron chi connectivity index (χ4n) is 1.60. The van der Waals surface area contributed by atoms with E-state index in [0.29, 0.717) is 11.3 Å². The van der Waals surface area contributed by atoms with E-state index in [4.69, 9.17) is 0 Å². The summed E-state index contributed by atoms with van der Waals surface area (Å²) in [7, 11) is 1.31. The van der Waals surface area contributed by atoms with Crippen LogP contribution in [0.3, 0.4) is 0 Å². The molecule has 2 aromatic rings. The third-order valence-electron chi connectivity index (χ3n) is 2.69. The molecule has 1 heterocycles. The van der Waals surface area contributed by atoms with E-state index in [0.717, 1.165) is 5.56 Å². The SMILES string of the molecule is COC(=O)c1ccc(/C=N/n2nc([N+](=O)[O-])cc2C)cc1. The summed E-state index contributed by atoms with van der Waals surface area (Å²) >= 11 is 0. The van der Waals surface area contributed by atoms with Gasteiger partial charge in [0.1, 0.15) is 0 Å². The summed E-state index contributed by atoms with van der Waals surface area (Å²) in [6.07, 6.45) is 1.49. The van der Waals surface area contributed by atoms with Gasteiger partial charge in [0.25, 0.3) is 0 Å². The van der Waals surface area contributed by atoms with Crippen molar-refractivity contribution in [3.8, 4) is 0 Å². The molecule has 0 aliphatic carbocycles. The summed E-state index contributed by atoms with van der Waals surface area (Å²) in [5.41, 5.74) is 1.70. The molecule has 21 heavy (non-hydrogen) atoms. The maximum absolute atomic E-state index is 11.3. The van der Waals surface area contributed by atoms with Crippen LogP contribution in [-0.4, -0.2) is 34.1 Å². The molecular weight excluding hydrogens is 276 g/mol. The first-order valence-electron chi connectivity index (χ1n) is 5.95. The summed E-state index contributed by atoms with van der Waals surface area (Å²) in [5.74, 6) is -0.678. The molecule has 0 bridgehead atoms. The summed E-state index contributed by atoms with van der Waals surface area (Å²) in [4.78, 5) is 22.5. The number of methoxy groups -OCH3 is 1. The van der Waals surface area contributed by atoms with Crippen molar-refractivity contribution in [1.29, 1.82) is 0 Å². The molecule has 8 heteroatoms. The van der Waals surface area contributed by atoms with Crippen LogP contribution in [0.1, 0.15) is 21.6 Å². The van der Waals surface area contributed by atoms with Crippen LogP contribution in [0.25, 0.3) is 0 Å². The number of hydrogen-bond acceptors (Lipinski definition) is 6. The lowest BCUT2D eigenvalue weighted by Crippen LogP contribution is -2.01. The van der Waals surface area contributed by atoms with Crippen LogP contribution in [0.2, 0.25) is 0 Å². The van der Waals surface area contributed by atoms with Gasteiger partial charge in [-0.3, -0.25) is 0 Å². The Balaban J connectivity index is 2.17. The number of carbonyl (C=O) groups is 1. The van der Waals surface area contributed by atoms with E-state index in [1.165, 1.54) is 24.2 Å². The van der Waals surface area contributed by atoms with Crippen LogP contribution in [0, 0.1) is 17.0 Å². The fraction of sp³-hybridized carbons (Fsp3) is 0.154. The van der Waals surface area contributed by atoms with E-state index in [1.54, 1.807) is 31.2 Å². The van der Waals surface area contributed by atoms with Crippen LogP contribution in [0.5, 0.6) is 0 Å². The molecule has 0 fully saturated rings. The molecule has 0 spiro atoms. The van der Waals surface area contributed by atoms with Gasteiger partial charge in [-0.05, 0) is 29.5 Å². The van der Waals surface area contributed by atoms with Crippen molar-refractivity contribution in [2.75, 3.05) is 7.11 Å². The zero-order valence-corrected chi connectivity index (χ0v) is 11.4. The lowest BCUT2D eigenvalue weighted by Gasteiger charge is -1.98. The zero-order chi connectivity index (χ0) is 15.4. The van der Waals surface area contributed by atoms with E-state index in [-0.39, 0.29) is 5.82 Å². The van der Waals surface area contributed by atoms with Gasteiger partial charge in [0.2, 0.25) is 0 Å². The van der Waals surface area contributed by atoms with Gasteiger partial charge < -0.3 is 14.9 Å². The van der Waals surface area contributed by atoms with E-state index in [2.05, 4.69) is 14.9 Å². The Morgan fingerprint density at radius 3 is 2.62 bits per heavy atom. The lowest BCUT2D eigenvalue weighted by molar-refractivity contribution is -0.389. The van der Waals surface area contributed by atoms with Gasteiger partial charge in [-0.1, -0.05) is 16.9 Å². The molecule has 0 unspecified atom stereocenters. The smallest absolute Gasteiger partial charge is 0.392 e. The minimum Gasteiger partial charge on any atom is -0.465 e. The molecule has 0 amide bonds. The number of carbonyl (C=O) groups excluding carboxylic acids is 1. The van der Waals surface area contributed by atoms with Gasteiger partial charge in [0.15, 0.2) is 0 Å². The molecule has 8 nitrogen and oxygen atoms in total. The Morgan fingerprint density at radius 2 is 2.10 bits per heavy atom. The van der Waals surface area contributed by atoms with Gasteiger partial charge in [-0.2, -0.15) is 0 Å². The Bertz CT molecular complexity index is 703. The Morgan fingerprint density at radius 1 is 1.43 bits per heavy atom. The first kappa shape index (κ1) is 14.4. The lowest BCUT2D eigenvalue weighted by atomic mass is 10.1. The molecule has 0 aliphatic rings. The topological polar surface area (TPSA) is 99.6 Å². The van der Waals surface area contributed by atoms with Gasteiger partial charge in [0, 0.05) is 0 Å². The molecule has 1 aromatic carbocycles. The molecular formula is C13H12N4O4. The molecule has 1 aromatic heterocycles. The number of benzene rings is 1. The fourth-order valence-corrected chi connectivity index (χ4v) is 1.60. The van der Waals surface area contributed by atoms with Gasteiger partial charge >= 0.3 is 11.8 Å². The van der Waals surface area contributed by atoms with Crippen LogP contribution < -0.4 is 0 Å². The molecule has 108 valence electrons. The van der Waals surface area contributed by atoms with E-state index < -0.39 is 10.9 Å². The average Bonchev–Trinajstić information content (AvgIpc) is 2.86. The molecule has 0 saturated carbocycles. The average molecular weight is 288 g/mol. The number of rotatable bonds is 4. The minimum atomic E-state index is -0.579. The van der Waals surface area contributed by atoms with Crippen LogP contribution in [-0.2, 0) is 4.74 Å². The number of hydrogen-bond donors (Lipinski definition) is 0. The maximum Gasteiger partial charge on any atom is 0.392 e. The number of ether oxygens (including phenoxy) is 1. The largest absolute Gasteiger partial charge is 0.465 e. The van der Waals surface area contributed by atoms with Crippen molar-refractivity contribution < 1.29 is 14.5 Å². The number of nitro groups is 1. The standard InChI is InChI=1S/C13H12N4O4/c1-9-7-12(17(19)20)15-16(9)14-8-10-3-5-11(6-4-10)13(18)21-2/h3-8H,1-2H3/b14-8+. The highest BCUT2D eigenvalue weighted by molar-refractivity contribution is 5.90. The van der Waals surface area contributed by atoms with Crippen molar-refractivity contribution in [2.45, 2.75) is 6.92 Å². The third-order valence-corrected chi connectivity index (χ3v) is 2.69. The molecule has 0 saturated heterocycles. The van der Waals surface area contributed by atoms with Crippen molar-refractivity contribution in [3.05, 3.63) is 57.3 Å². The maximum atomic E-state index is 11.3. The Hall–Kier alpha value is -3.03. The summed E-state index contributed by atoms with van der Waals surface area (Å²) in [5, 5.41) is 18.4. The normalized spacial score (nSPS) is 10.8. The zero-order valence-electron chi connectivity index (χ0n) is 11.4. The number of esters is 1. The van der Waals surface area contributed by atoms with E-state index in [1.807, 2.05) is 0 Å². The second kappa shape index (κ2) is 5.95. The van der Waals surface area contributed by atoms with Crippen molar-refractivity contribution in [3.63, 3.8) is 0 Å².